The first-order valence-corrected chi connectivity index (χ1v) is 5.74. The Kier molecular flexibility index (Phi) is 4.67. The first kappa shape index (κ1) is 12.6. The summed E-state index contributed by atoms with van der Waals surface area (Å²) >= 11 is 3.05. The molecule has 1 aromatic carbocycles. The lowest BCUT2D eigenvalue weighted by Crippen LogP contribution is -2.23. The van der Waals surface area contributed by atoms with E-state index in [2.05, 4.69) is 15.9 Å². The summed E-state index contributed by atoms with van der Waals surface area (Å²) in [5.41, 5.74) is 0.132. The second-order valence-electron chi connectivity index (χ2n) is 3.28. The molecule has 4 heteroatoms. The van der Waals surface area contributed by atoms with E-state index in [-0.39, 0.29) is 5.56 Å². The van der Waals surface area contributed by atoms with Gasteiger partial charge in [0.1, 0.15) is 11.6 Å². The summed E-state index contributed by atoms with van der Waals surface area (Å²) in [5.74, 6) is -0.982. The van der Waals surface area contributed by atoms with Crippen LogP contribution in [0.15, 0.2) is 16.6 Å². The van der Waals surface area contributed by atoms with Crippen molar-refractivity contribution < 1.29 is 8.78 Å². The normalized spacial score (nSPS) is 11.1. The molecule has 0 spiro atoms. The van der Waals surface area contributed by atoms with E-state index in [9.17, 15) is 8.78 Å². The van der Waals surface area contributed by atoms with E-state index < -0.39 is 11.6 Å². The zero-order valence-electron chi connectivity index (χ0n) is 8.86. The van der Waals surface area contributed by atoms with Gasteiger partial charge >= 0.3 is 0 Å². The molecular formula is C11H14BrF2N. The van der Waals surface area contributed by atoms with Crippen molar-refractivity contribution in [2.45, 2.75) is 20.4 Å². The average molecular weight is 278 g/mol. The first-order chi connectivity index (χ1) is 7.10. The molecule has 15 heavy (non-hydrogen) atoms. The zero-order chi connectivity index (χ0) is 11.4. The summed E-state index contributed by atoms with van der Waals surface area (Å²) < 4.78 is 27.3. The van der Waals surface area contributed by atoms with Crippen molar-refractivity contribution >= 4 is 15.9 Å². The van der Waals surface area contributed by atoms with Crippen LogP contribution in [0.1, 0.15) is 19.4 Å². The molecule has 0 bridgehead atoms. The zero-order valence-corrected chi connectivity index (χ0v) is 10.4. The fourth-order valence-corrected chi connectivity index (χ4v) is 1.76. The molecule has 0 aliphatic heterocycles. The third-order valence-electron chi connectivity index (χ3n) is 2.42. The SMILES string of the molecule is CCN(CC)Cc1c(F)ccc(Br)c1F. The summed E-state index contributed by atoms with van der Waals surface area (Å²) in [5, 5.41) is 0. The fraction of sp³-hybridized carbons (Fsp3) is 0.455. The van der Waals surface area contributed by atoms with E-state index in [0.717, 1.165) is 13.1 Å². The maximum Gasteiger partial charge on any atom is 0.144 e. The number of halogens is 3. The first-order valence-electron chi connectivity index (χ1n) is 4.94. The predicted octanol–water partition coefficient (Wildman–Crippen LogP) is 3.57. The molecule has 0 aliphatic carbocycles. The van der Waals surface area contributed by atoms with Gasteiger partial charge in [0.15, 0.2) is 0 Å². The van der Waals surface area contributed by atoms with Crippen LogP contribution in [0.4, 0.5) is 8.78 Å². The molecular weight excluding hydrogens is 264 g/mol. The van der Waals surface area contributed by atoms with Gasteiger partial charge in [-0.2, -0.15) is 0 Å². The highest BCUT2D eigenvalue weighted by Gasteiger charge is 2.14. The molecule has 0 saturated carbocycles. The average Bonchev–Trinajstić information content (AvgIpc) is 2.24. The summed E-state index contributed by atoms with van der Waals surface area (Å²) in [4.78, 5) is 1.97. The lowest BCUT2D eigenvalue weighted by molar-refractivity contribution is 0.285. The molecule has 0 fully saturated rings. The van der Waals surface area contributed by atoms with Crippen LogP contribution in [-0.2, 0) is 6.54 Å². The van der Waals surface area contributed by atoms with Crippen molar-refractivity contribution in [1.29, 1.82) is 0 Å². The minimum atomic E-state index is -0.498. The van der Waals surface area contributed by atoms with Gasteiger partial charge in [-0.1, -0.05) is 13.8 Å². The smallest absolute Gasteiger partial charge is 0.144 e. The fourth-order valence-electron chi connectivity index (χ4n) is 1.38. The van der Waals surface area contributed by atoms with Crippen LogP contribution in [0.25, 0.3) is 0 Å². The maximum absolute atomic E-state index is 13.6. The number of benzene rings is 1. The van der Waals surface area contributed by atoms with Crippen molar-refractivity contribution in [1.82, 2.24) is 4.90 Å². The Morgan fingerprint density at radius 2 is 1.80 bits per heavy atom. The molecule has 0 heterocycles. The van der Waals surface area contributed by atoms with E-state index in [1.807, 2.05) is 18.7 Å². The Morgan fingerprint density at radius 1 is 1.20 bits per heavy atom. The molecule has 0 radical (unpaired) electrons. The molecule has 0 aliphatic rings. The summed E-state index contributed by atoms with van der Waals surface area (Å²) in [7, 11) is 0. The van der Waals surface area contributed by atoms with Gasteiger partial charge in [0.25, 0.3) is 0 Å². The van der Waals surface area contributed by atoms with Crippen LogP contribution >= 0.6 is 15.9 Å². The van der Waals surface area contributed by atoms with Crippen LogP contribution in [-0.4, -0.2) is 18.0 Å². The van der Waals surface area contributed by atoms with Crippen molar-refractivity contribution in [3.8, 4) is 0 Å². The van der Waals surface area contributed by atoms with Crippen molar-refractivity contribution in [2.75, 3.05) is 13.1 Å². The molecule has 0 atom stereocenters. The maximum atomic E-state index is 13.6. The molecule has 0 aromatic heterocycles. The Hall–Kier alpha value is -0.480. The van der Waals surface area contributed by atoms with Crippen LogP contribution in [0, 0.1) is 11.6 Å². The Bertz CT molecular complexity index is 338. The second kappa shape index (κ2) is 5.56. The third kappa shape index (κ3) is 2.98. The summed E-state index contributed by atoms with van der Waals surface area (Å²) in [6.07, 6.45) is 0. The standard InChI is InChI=1S/C11H14BrF2N/c1-3-15(4-2)7-8-10(13)6-5-9(12)11(8)14/h5-6H,3-4,7H2,1-2H3. The number of hydrogen-bond acceptors (Lipinski definition) is 1. The van der Waals surface area contributed by atoms with E-state index in [1.54, 1.807) is 0 Å². The Morgan fingerprint density at radius 3 is 2.33 bits per heavy atom. The molecule has 0 N–H and O–H groups in total. The highest BCUT2D eigenvalue weighted by Crippen LogP contribution is 2.22. The van der Waals surface area contributed by atoms with E-state index >= 15 is 0 Å². The van der Waals surface area contributed by atoms with Crippen molar-refractivity contribution in [3.63, 3.8) is 0 Å². The second-order valence-corrected chi connectivity index (χ2v) is 4.14. The van der Waals surface area contributed by atoms with Crippen LogP contribution < -0.4 is 0 Å². The van der Waals surface area contributed by atoms with Gasteiger partial charge in [0.2, 0.25) is 0 Å². The lowest BCUT2D eigenvalue weighted by Gasteiger charge is -2.19. The van der Waals surface area contributed by atoms with E-state index in [1.165, 1.54) is 12.1 Å². The molecule has 1 nitrogen and oxygen atoms in total. The van der Waals surface area contributed by atoms with Crippen LogP contribution in [0.3, 0.4) is 0 Å². The molecule has 84 valence electrons. The van der Waals surface area contributed by atoms with E-state index in [4.69, 9.17) is 0 Å². The van der Waals surface area contributed by atoms with Gasteiger partial charge in [0.05, 0.1) is 4.47 Å². The third-order valence-corrected chi connectivity index (χ3v) is 3.03. The van der Waals surface area contributed by atoms with Gasteiger partial charge in [-0.15, -0.1) is 0 Å². The minimum Gasteiger partial charge on any atom is -0.299 e. The van der Waals surface area contributed by atoms with E-state index in [0.29, 0.717) is 11.0 Å². The summed E-state index contributed by atoms with van der Waals surface area (Å²) in [6, 6.07) is 2.67. The van der Waals surface area contributed by atoms with Gasteiger partial charge in [0, 0.05) is 12.1 Å². The Labute approximate surface area is 97.2 Å². The molecule has 0 amide bonds. The number of hydrogen-bond donors (Lipinski definition) is 0. The van der Waals surface area contributed by atoms with Crippen LogP contribution in [0.5, 0.6) is 0 Å². The Balaban J connectivity index is 2.97. The number of rotatable bonds is 4. The largest absolute Gasteiger partial charge is 0.299 e. The predicted molar refractivity (Wildman–Crippen MR) is 60.7 cm³/mol. The van der Waals surface area contributed by atoms with Gasteiger partial charge in [-0.25, -0.2) is 8.78 Å². The van der Waals surface area contributed by atoms with Gasteiger partial charge < -0.3 is 0 Å². The van der Waals surface area contributed by atoms with Crippen molar-refractivity contribution in [3.05, 3.63) is 33.8 Å². The highest BCUT2D eigenvalue weighted by atomic mass is 79.9. The molecule has 0 saturated heterocycles. The lowest BCUT2D eigenvalue weighted by atomic mass is 10.2. The highest BCUT2D eigenvalue weighted by molar-refractivity contribution is 9.10. The summed E-state index contributed by atoms with van der Waals surface area (Å²) in [6.45, 7) is 5.81. The monoisotopic (exact) mass is 277 g/mol. The van der Waals surface area contributed by atoms with Crippen LogP contribution in [0.2, 0.25) is 0 Å². The minimum absolute atomic E-state index is 0.132. The van der Waals surface area contributed by atoms with Gasteiger partial charge in [-0.05, 0) is 41.2 Å². The molecule has 1 aromatic rings. The molecule has 1 rings (SSSR count). The molecule has 0 unspecified atom stereocenters. The quantitative estimate of drug-likeness (QED) is 0.761. The number of nitrogens with zero attached hydrogens (tertiary/aromatic N) is 1. The van der Waals surface area contributed by atoms with Crippen molar-refractivity contribution in [2.24, 2.45) is 0 Å². The topological polar surface area (TPSA) is 3.24 Å². The van der Waals surface area contributed by atoms with Gasteiger partial charge in [-0.3, -0.25) is 4.90 Å².